The van der Waals surface area contributed by atoms with E-state index in [1.54, 1.807) is 19.2 Å². The standard InChI is InChI=1S/C28H34Cl2N2O3/c1-4-13-32-14-12-27(21-6-5-7-23(17-21)34-2)18-22(10-11-28(27,19-32)35-3)31-26(33)16-20-8-9-24(29)25(30)15-20/h4-9,15,17,22H,1,10-14,16,18-19H2,2-3H3,(H,31,33)/t22-,27?,28?/m1/s1. The van der Waals surface area contributed by atoms with E-state index in [1.807, 2.05) is 31.4 Å². The Labute approximate surface area is 218 Å². The summed E-state index contributed by atoms with van der Waals surface area (Å²) in [5.41, 5.74) is 1.46. The molecule has 2 aliphatic rings. The van der Waals surface area contributed by atoms with Gasteiger partial charge in [-0.25, -0.2) is 0 Å². The highest BCUT2D eigenvalue weighted by atomic mass is 35.5. The Hall–Kier alpha value is -2.05. The molecule has 2 unspecified atom stereocenters. The number of methoxy groups -OCH3 is 2. The second kappa shape index (κ2) is 10.9. The van der Waals surface area contributed by atoms with Gasteiger partial charge in [0.05, 0.1) is 29.2 Å². The number of piperidine rings is 1. The molecule has 1 N–H and O–H groups in total. The molecule has 0 aromatic heterocycles. The van der Waals surface area contributed by atoms with Gasteiger partial charge in [0, 0.05) is 31.7 Å². The number of carbonyl (C=O) groups excluding carboxylic acids is 1. The molecule has 2 aromatic carbocycles. The summed E-state index contributed by atoms with van der Waals surface area (Å²) in [6.45, 7) is 6.54. The zero-order valence-electron chi connectivity index (χ0n) is 20.5. The van der Waals surface area contributed by atoms with Crippen molar-refractivity contribution in [2.75, 3.05) is 33.9 Å². The number of rotatable bonds is 8. The first kappa shape index (κ1) is 26.0. The van der Waals surface area contributed by atoms with Crippen LogP contribution in [0.2, 0.25) is 10.0 Å². The lowest BCUT2D eigenvalue weighted by Crippen LogP contribution is -2.68. The number of nitrogens with one attached hydrogen (secondary N) is 1. The highest BCUT2D eigenvalue weighted by Crippen LogP contribution is 2.53. The lowest BCUT2D eigenvalue weighted by molar-refractivity contribution is -0.149. The van der Waals surface area contributed by atoms with Crippen LogP contribution in [0.15, 0.2) is 55.1 Å². The fourth-order valence-electron chi connectivity index (χ4n) is 6.09. The first-order valence-electron chi connectivity index (χ1n) is 12.1. The number of carbonyl (C=O) groups is 1. The van der Waals surface area contributed by atoms with Crippen LogP contribution in [0.25, 0.3) is 0 Å². The Kier molecular flexibility index (Phi) is 8.12. The van der Waals surface area contributed by atoms with Gasteiger partial charge in [0.25, 0.3) is 0 Å². The number of nitrogens with zero attached hydrogens (tertiary/aromatic N) is 1. The molecule has 7 heteroatoms. The summed E-state index contributed by atoms with van der Waals surface area (Å²) in [5, 5.41) is 4.25. The van der Waals surface area contributed by atoms with Crippen LogP contribution in [-0.4, -0.2) is 56.3 Å². The molecule has 3 atom stereocenters. The zero-order chi connectivity index (χ0) is 25.1. The third-order valence-corrected chi connectivity index (χ3v) is 8.55. The van der Waals surface area contributed by atoms with E-state index in [4.69, 9.17) is 32.7 Å². The number of ether oxygens (including phenoxy) is 2. The van der Waals surface area contributed by atoms with E-state index >= 15 is 0 Å². The summed E-state index contributed by atoms with van der Waals surface area (Å²) >= 11 is 12.2. The third kappa shape index (κ3) is 5.24. The number of halogens is 2. The van der Waals surface area contributed by atoms with Gasteiger partial charge in [0.2, 0.25) is 5.91 Å². The van der Waals surface area contributed by atoms with Crippen LogP contribution in [0.3, 0.4) is 0 Å². The Morgan fingerprint density at radius 1 is 1.20 bits per heavy atom. The van der Waals surface area contributed by atoms with Crippen molar-refractivity contribution in [2.24, 2.45) is 0 Å². The average molecular weight is 517 g/mol. The van der Waals surface area contributed by atoms with E-state index in [1.165, 1.54) is 5.56 Å². The number of fused-ring (bicyclic) bond motifs is 1. The van der Waals surface area contributed by atoms with E-state index < -0.39 is 0 Å². The molecule has 1 amide bonds. The summed E-state index contributed by atoms with van der Waals surface area (Å²) in [5.74, 6) is 0.823. The summed E-state index contributed by atoms with van der Waals surface area (Å²) in [6.07, 6.45) is 5.67. The maximum Gasteiger partial charge on any atom is 0.224 e. The Balaban J connectivity index is 1.60. The van der Waals surface area contributed by atoms with Crippen molar-refractivity contribution in [2.45, 2.75) is 49.2 Å². The third-order valence-electron chi connectivity index (χ3n) is 7.81. The number of benzene rings is 2. The number of amides is 1. The molecule has 0 radical (unpaired) electrons. The molecule has 0 spiro atoms. The van der Waals surface area contributed by atoms with Gasteiger partial charge in [0.15, 0.2) is 0 Å². The molecule has 5 nitrogen and oxygen atoms in total. The molecular formula is C28H34Cl2N2O3. The lowest BCUT2D eigenvalue weighted by Gasteiger charge is -2.59. The molecule has 4 rings (SSSR count). The molecule has 1 aliphatic carbocycles. The van der Waals surface area contributed by atoms with Gasteiger partial charge in [-0.15, -0.1) is 6.58 Å². The minimum Gasteiger partial charge on any atom is -0.497 e. The molecule has 1 saturated heterocycles. The van der Waals surface area contributed by atoms with Crippen molar-refractivity contribution in [3.05, 3.63) is 76.3 Å². The molecule has 2 aromatic rings. The van der Waals surface area contributed by atoms with E-state index in [9.17, 15) is 4.79 Å². The van der Waals surface area contributed by atoms with Gasteiger partial charge in [-0.05, 0) is 67.6 Å². The van der Waals surface area contributed by atoms with Gasteiger partial charge >= 0.3 is 0 Å². The maximum absolute atomic E-state index is 13.0. The van der Waals surface area contributed by atoms with Gasteiger partial charge in [-0.2, -0.15) is 0 Å². The SMILES string of the molecule is C=CCN1CCC2(c3cccc(OC)c3)C[C@H](NC(=O)Cc3ccc(Cl)c(Cl)c3)CCC2(OC)C1. The maximum atomic E-state index is 13.0. The second-order valence-electron chi connectivity index (χ2n) is 9.72. The van der Waals surface area contributed by atoms with Crippen molar-refractivity contribution in [3.8, 4) is 5.75 Å². The van der Waals surface area contributed by atoms with E-state index in [2.05, 4.69) is 28.9 Å². The first-order valence-corrected chi connectivity index (χ1v) is 12.9. The van der Waals surface area contributed by atoms with Crippen LogP contribution in [0.4, 0.5) is 0 Å². The van der Waals surface area contributed by atoms with Crippen LogP contribution < -0.4 is 10.1 Å². The smallest absolute Gasteiger partial charge is 0.224 e. The fourth-order valence-corrected chi connectivity index (χ4v) is 6.41. The van der Waals surface area contributed by atoms with E-state index in [0.29, 0.717) is 10.0 Å². The highest BCUT2D eigenvalue weighted by molar-refractivity contribution is 6.42. The van der Waals surface area contributed by atoms with Crippen molar-refractivity contribution in [1.29, 1.82) is 0 Å². The quantitative estimate of drug-likeness (QED) is 0.475. The predicted octanol–water partition coefficient (Wildman–Crippen LogP) is 5.43. The highest BCUT2D eigenvalue weighted by Gasteiger charge is 2.58. The van der Waals surface area contributed by atoms with Crippen LogP contribution in [0, 0.1) is 0 Å². The van der Waals surface area contributed by atoms with Gasteiger partial charge < -0.3 is 14.8 Å². The van der Waals surface area contributed by atoms with Gasteiger partial charge in [-0.3, -0.25) is 9.69 Å². The van der Waals surface area contributed by atoms with Gasteiger partial charge in [0.1, 0.15) is 5.75 Å². The predicted molar refractivity (Wildman–Crippen MR) is 142 cm³/mol. The van der Waals surface area contributed by atoms with Gasteiger partial charge in [-0.1, -0.05) is 47.5 Å². The topological polar surface area (TPSA) is 50.8 Å². The fraction of sp³-hybridized carbons (Fsp3) is 0.464. The number of likely N-dealkylation sites (tertiary alicyclic amines) is 1. The van der Waals surface area contributed by atoms with Crippen LogP contribution >= 0.6 is 23.2 Å². The molecular weight excluding hydrogens is 483 g/mol. The molecule has 1 heterocycles. The van der Waals surface area contributed by atoms with Crippen molar-refractivity contribution < 1.29 is 14.3 Å². The van der Waals surface area contributed by atoms with Crippen LogP contribution in [-0.2, 0) is 21.4 Å². The van der Waals surface area contributed by atoms with Crippen LogP contribution in [0.5, 0.6) is 5.75 Å². The number of hydrogen-bond donors (Lipinski definition) is 1. The summed E-state index contributed by atoms with van der Waals surface area (Å²) in [7, 11) is 3.52. The summed E-state index contributed by atoms with van der Waals surface area (Å²) in [6, 6.07) is 13.7. The van der Waals surface area contributed by atoms with Crippen molar-refractivity contribution >= 4 is 29.1 Å². The summed E-state index contributed by atoms with van der Waals surface area (Å²) in [4.78, 5) is 15.4. The molecule has 1 saturated carbocycles. The Morgan fingerprint density at radius 3 is 2.74 bits per heavy atom. The Morgan fingerprint density at radius 2 is 2.03 bits per heavy atom. The van der Waals surface area contributed by atoms with Crippen molar-refractivity contribution in [1.82, 2.24) is 10.2 Å². The number of hydrogen-bond acceptors (Lipinski definition) is 4. The normalized spacial score (nSPS) is 26.6. The minimum absolute atomic E-state index is 0.0109. The molecule has 188 valence electrons. The monoisotopic (exact) mass is 516 g/mol. The summed E-state index contributed by atoms with van der Waals surface area (Å²) < 4.78 is 12.0. The molecule has 2 fully saturated rings. The van der Waals surface area contributed by atoms with Crippen molar-refractivity contribution in [3.63, 3.8) is 0 Å². The molecule has 35 heavy (non-hydrogen) atoms. The average Bonchev–Trinajstić information content (AvgIpc) is 2.86. The van der Waals surface area contributed by atoms with E-state index in [0.717, 1.165) is 56.6 Å². The van der Waals surface area contributed by atoms with Crippen LogP contribution in [0.1, 0.15) is 36.8 Å². The molecule has 0 bridgehead atoms. The molecule has 1 aliphatic heterocycles. The largest absolute Gasteiger partial charge is 0.497 e. The second-order valence-corrected chi connectivity index (χ2v) is 10.5. The minimum atomic E-state index is -0.356. The first-order chi connectivity index (χ1) is 16.8. The zero-order valence-corrected chi connectivity index (χ0v) is 22.0. The lowest BCUT2D eigenvalue weighted by atomic mass is 9.55. The Bertz CT molecular complexity index is 1080. The van der Waals surface area contributed by atoms with E-state index in [-0.39, 0.29) is 29.4 Å².